The third-order valence-corrected chi connectivity index (χ3v) is 1.27. The second kappa shape index (κ2) is 3.25. The standard InChI is InChI=1S/C7H14N2O/c1-4(2)6(5(3)8)7(9)10/h4H,8H2,1-3H3,(H2,9,10)/b6-5+. The summed E-state index contributed by atoms with van der Waals surface area (Å²) in [4.78, 5) is 10.7. The lowest BCUT2D eigenvalue weighted by molar-refractivity contribution is -0.115. The van der Waals surface area contributed by atoms with Crippen molar-refractivity contribution in [3.05, 3.63) is 11.3 Å². The highest BCUT2D eigenvalue weighted by atomic mass is 16.1. The number of carbonyl (C=O) groups is 1. The maximum atomic E-state index is 10.7. The van der Waals surface area contributed by atoms with Gasteiger partial charge >= 0.3 is 0 Å². The van der Waals surface area contributed by atoms with Crippen molar-refractivity contribution in [3.8, 4) is 0 Å². The first-order chi connectivity index (χ1) is 4.46. The van der Waals surface area contributed by atoms with Gasteiger partial charge in [0.15, 0.2) is 0 Å². The van der Waals surface area contributed by atoms with Gasteiger partial charge in [-0.25, -0.2) is 0 Å². The van der Waals surface area contributed by atoms with Gasteiger partial charge in [-0.3, -0.25) is 4.79 Å². The number of rotatable bonds is 2. The summed E-state index contributed by atoms with van der Waals surface area (Å²) in [5.74, 6) is -0.308. The van der Waals surface area contributed by atoms with E-state index in [1.165, 1.54) is 0 Å². The highest BCUT2D eigenvalue weighted by Crippen LogP contribution is 2.10. The second-order valence-corrected chi connectivity index (χ2v) is 2.62. The molecule has 0 atom stereocenters. The average Bonchev–Trinajstić information content (AvgIpc) is 1.59. The Labute approximate surface area is 61.1 Å². The van der Waals surface area contributed by atoms with Crippen molar-refractivity contribution in [2.75, 3.05) is 0 Å². The Bertz CT molecular complexity index is 166. The average molecular weight is 142 g/mol. The van der Waals surface area contributed by atoms with Crippen LogP contribution in [0.4, 0.5) is 0 Å². The van der Waals surface area contributed by atoms with Crippen LogP contribution in [0, 0.1) is 5.92 Å². The van der Waals surface area contributed by atoms with Crippen molar-refractivity contribution in [1.82, 2.24) is 0 Å². The molecule has 0 aromatic carbocycles. The summed E-state index contributed by atoms with van der Waals surface area (Å²) < 4.78 is 0. The Morgan fingerprint density at radius 3 is 1.70 bits per heavy atom. The molecule has 0 bridgehead atoms. The van der Waals surface area contributed by atoms with Gasteiger partial charge in [-0.2, -0.15) is 0 Å². The predicted octanol–water partition coefficient (Wildman–Crippen LogP) is 0.360. The zero-order valence-electron chi connectivity index (χ0n) is 6.64. The SMILES string of the molecule is C/C(N)=C(\C(N)=O)C(C)C. The Hall–Kier alpha value is -0.990. The molecule has 0 unspecified atom stereocenters. The molecule has 0 aromatic heterocycles. The maximum Gasteiger partial charge on any atom is 0.246 e. The van der Waals surface area contributed by atoms with Crippen LogP contribution < -0.4 is 11.5 Å². The number of carbonyl (C=O) groups excluding carboxylic acids is 1. The summed E-state index contributed by atoms with van der Waals surface area (Å²) in [5, 5.41) is 0. The zero-order chi connectivity index (χ0) is 8.31. The third-order valence-electron chi connectivity index (χ3n) is 1.27. The Kier molecular flexibility index (Phi) is 2.93. The fourth-order valence-electron chi connectivity index (χ4n) is 0.934. The van der Waals surface area contributed by atoms with Crippen LogP contribution in [-0.2, 0) is 4.79 Å². The molecular formula is C7H14N2O. The van der Waals surface area contributed by atoms with Crippen LogP contribution in [0.3, 0.4) is 0 Å². The van der Waals surface area contributed by atoms with Gasteiger partial charge in [-0.1, -0.05) is 13.8 Å². The molecule has 0 saturated heterocycles. The quantitative estimate of drug-likeness (QED) is 0.546. The Balaban J connectivity index is 4.61. The van der Waals surface area contributed by atoms with E-state index in [4.69, 9.17) is 11.5 Å². The molecular weight excluding hydrogens is 128 g/mol. The van der Waals surface area contributed by atoms with Gasteiger partial charge in [0, 0.05) is 11.3 Å². The van der Waals surface area contributed by atoms with Crippen LogP contribution in [0.2, 0.25) is 0 Å². The molecule has 0 spiro atoms. The lowest BCUT2D eigenvalue weighted by Crippen LogP contribution is -2.21. The van der Waals surface area contributed by atoms with E-state index in [2.05, 4.69) is 0 Å². The lowest BCUT2D eigenvalue weighted by Gasteiger charge is -2.08. The number of allylic oxidation sites excluding steroid dienone is 1. The molecule has 0 aromatic rings. The van der Waals surface area contributed by atoms with Crippen molar-refractivity contribution in [2.24, 2.45) is 17.4 Å². The number of primary amides is 1. The minimum absolute atomic E-state index is 0.113. The van der Waals surface area contributed by atoms with Crippen LogP contribution in [0.5, 0.6) is 0 Å². The van der Waals surface area contributed by atoms with Gasteiger partial charge in [-0.05, 0) is 12.8 Å². The van der Waals surface area contributed by atoms with Crippen LogP contribution >= 0.6 is 0 Å². The lowest BCUT2D eigenvalue weighted by atomic mass is 10.0. The first kappa shape index (κ1) is 9.01. The van der Waals surface area contributed by atoms with Crippen LogP contribution in [0.25, 0.3) is 0 Å². The van der Waals surface area contributed by atoms with Crippen molar-refractivity contribution < 1.29 is 4.79 Å². The largest absolute Gasteiger partial charge is 0.402 e. The maximum absolute atomic E-state index is 10.7. The molecule has 0 rings (SSSR count). The molecule has 0 heterocycles. The highest BCUT2D eigenvalue weighted by Gasteiger charge is 2.10. The number of hydrogen-bond acceptors (Lipinski definition) is 2. The summed E-state index contributed by atoms with van der Waals surface area (Å²) in [7, 11) is 0. The first-order valence-corrected chi connectivity index (χ1v) is 3.22. The van der Waals surface area contributed by atoms with E-state index in [0.717, 1.165) is 0 Å². The predicted molar refractivity (Wildman–Crippen MR) is 40.9 cm³/mol. The first-order valence-electron chi connectivity index (χ1n) is 3.22. The summed E-state index contributed by atoms with van der Waals surface area (Å²) >= 11 is 0. The summed E-state index contributed by atoms with van der Waals surface area (Å²) in [6.45, 7) is 5.45. The molecule has 0 aliphatic heterocycles. The van der Waals surface area contributed by atoms with E-state index in [1.54, 1.807) is 6.92 Å². The molecule has 0 aliphatic rings. The van der Waals surface area contributed by atoms with Crippen LogP contribution in [0.15, 0.2) is 11.3 Å². The molecule has 3 nitrogen and oxygen atoms in total. The summed E-state index contributed by atoms with van der Waals surface area (Å²) in [6.07, 6.45) is 0. The van der Waals surface area contributed by atoms with Gasteiger partial charge in [0.1, 0.15) is 0 Å². The summed E-state index contributed by atoms with van der Waals surface area (Å²) in [6, 6.07) is 0. The fourth-order valence-corrected chi connectivity index (χ4v) is 0.934. The highest BCUT2D eigenvalue weighted by molar-refractivity contribution is 5.92. The van der Waals surface area contributed by atoms with Gasteiger partial charge in [0.2, 0.25) is 5.91 Å². The van der Waals surface area contributed by atoms with Gasteiger partial charge < -0.3 is 11.5 Å². The van der Waals surface area contributed by atoms with E-state index in [9.17, 15) is 4.79 Å². The van der Waals surface area contributed by atoms with E-state index in [0.29, 0.717) is 11.3 Å². The molecule has 4 N–H and O–H groups in total. The number of nitrogens with two attached hydrogens (primary N) is 2. The second-order valence-electron chi connectivity index (χ2n) is 2.62. The van der Waals surface area contributed by atoms with Gasteiger partial charge in [-0.15, -0.1) is 0 Å². The van der Waals surface area contributed by atoms with Gasteiger partial charge in [0.05, 0.1) is 0 Å². The number of amides is 1. The van der Waals surface area contributed by atoms with Crippen LogP contribution in [0.1, 0.15) is 20.8 Å². The molecule has 58 valence electrons. The van der Waals surface area contributed by atoms with E-state index < -0.39 is 5.91 Å². The normalized spacial score (nSPS) is 13.2. The topological polar surface area (TPSA) is 69.1 Å². The van der Waals surface area contributed by atoms with Crippen molar-refractivity contribution in [3.63, 3.8) is 0 Å². The van der Waals surface area contributed by atoms with Crippen molar-refractivity contribution in [1.29, 1.82) is 0 Å². The van der Waals surface area contributed by atoms with Crippen LogP contribution in [-0.4, -0.2) is 5.91 Å². The Morgan fingerprint density at radius 1 is 1.30 bits per heavy atom. The van der Waals surface area contributed by atoms with E-state index >= 15 is 0 Å². The fraction of sp³-hybridized carbons (Fsp3) is 0.571. The zero-order valence-corrected chi connectivity index (χ0v) is 6.64. The van der Waals surface area contributed by atoms with Crippen molar-refractivity contribution in [2.45, 2.75) is 20.8 Å². The third kappa shape index (κ3) is 2.09. The molecule has 10 heavy (non-hydrogen) atoms. The summed E-state index contributed by atoms with van der Waals surface area (Å²) in [5.41, 5.74) is 11.5. The number of hydrogen-bond donors (Lipinski definition) is 2. The monoisotopic (exact) mass is 142 g/mol. The van der Waals surface area contributed by atoms with E-state index in [-0.39, 0.29) is 5.92 Å². The molecule has 0 radical (unpaired) electrons. The molecule has 3 heteroatoms. The van der Waals surface area contributed by atoms with E-state index in [1.807, 2.05) is 13.8 Å². The molecule has 0 aliphatic carbocycles. The molecule has 0 saturated carbocycles. The smallest absolute Gasteiger partial charge is 0.246 e. The van der Waals surface area contributed by atoms with Gasteiger partial charge in [0.25, 0.3) is 0 Å². The molecule has 1 amide bonds. The molecule has 0 fully saturated rings. The van der Waals surface area contributed by atoms with Crippen molar-refractivity contribution >= 4 is 5.91 Å². The Morgan fingerprint density at radius 2 is 1.70 bits per heavy atom. The minimum atomic E-state index is -0.421. The minimum Gasteiger partial charge on any atom is -0.402 e.